The van der Waals surface area contributed by atoms with Crippen LogP contribution in [0, 0.1) is 0 Å². The number of ether oxygens (including phenoxy) is 1. The number of hydrogen-bond acceptors (Lipinski definition) is 3. The molecule has 0 radical (unpaired) electrons. The van der Waals surface area contributed by atoms with Crippen molar-refractivity contribution < 1.29 is 14.3 Å². The molecule has 2 N–H and O–H groups in total. The molecule has 0 spiro atoms. The lowest BCUT2D eigenvalue weighted by Crippen LogP contribution is -2.23. The molecule has 0 aromatic heterocycles. The van der Waals surface area contributed by atoms with Crippen LogP contribution < -0.4 is 15.4 Å². The Morgan fingerprint density at radius 2 is 1.61 bits per heavy atom. The van der Waals surface area contributed by atoms with Gasteiger partial charge in [0.05, 0.1) is 12.2 Å². The minimum absolute atomic E-state index is 0.110. The van der Waals surface area contributed by atoms with E-state index in [1.807, 2.05) is 25.1 Å². The van der Waals surface area contributed by atoms with Gasteiger partial charge in [-0.25, -0.2) is 0 Å². The van der Waals surface area contributed by atoms with E-state index in [0.29, 0.717) is 35.7 Å². The summed E-state index contributed by atoms with van der Waals surface area (Å²) in [5, 5.41) is 5.70. The zero-order valence-corrected chi connectivity index (χ0v) is 16.8. The van der Waals surface area contributed by atoms with E-state index in [-0.39, 0.29) is 11.8 Å². The second-order valence-corrected chi connectivity index (χ2v) is 6.69. The van der Waals surface area contributed by atoms with Crippen LogP contribution in [0.15, 0.2) is 48.5 Å². The molecule has 0 aliphatic heterocycles. The average molecular weight is 383 g/mol. The van der Waals surface area contributed by atoms with Gasteiger partial charge >= 0.3 is 0 Å². The minimum atomic E-state index is -0.229. The molecular formula is C23H30N2O3. The number of nitrogens with one attached hydrogen (secondary N) is 2. The number of benzene rings is 2. The molecule has 0 fully saturated rings. The third-order valence-corrected chi connectivity index (χ3v) is 4.33. The Morgan fingerprint density at radius 1 is 0.857 bits per heavy atom. The molecule has 2 aromatic carbocycles. The first-order chi connectivity index (χ1) is 13.7. The van der Waals surface area contributed by atoms with Gasteiger partial charge in [0.1, 0.15) is 5.75 Å². The second-order valence-electron chi connectivity index (χ2n) is 6.69. The molecule has 0 unspecified atom stereocenters. The van der Waals surface area contributed by atoms with Crippen LogP contribution in [-0.2, 0) is 0 Å². The lowest BCUT2D eigenvalue weighted by molar-refractivity contribution is 0.0953. The van der Waals surface area contributed by atoms with Crippen LogP contribution in [0.2, 0.25) is 0 Å². The molecule has 150 valence electrons. The smallest absolute Gasteiger partial charge is 0.259 e. The first-order valence-corrected chi connectivity index (χ1v) is 10.1. The summed E-state index contributed by atoms with van der Waals surface area (Å²) in [6.45, 7) is 5.43. The number of para-hydroxylation sites is 1. The molecule has 2 rings (SSSR count). The number of hydrogen-bond donors (Lipinski definition) is 2. The van der Waals surface area contributed by atoms with E-state index in [1.54, 1.807) is 30.3 Å². The Balaban J connectivity index is 1.96. The van der Waals surface area contributed by atoms with Crippen molar-refractivity contribution >= 4 is 17.5 Å². The summed E-state index contributed by atoms with van der Waals surface area (Å²) < 4.78 is 5.82. The topological polar surface area (TPSA) is 67.4 Å². The van der Waals surface area contributed by atoms with E-state index in [2.05, 4.69) is 17.6 Å². The molecule has 0 saturated heterocycles. The highest BCUT2D eigenvalue weighted by Gasteiger charge is 2.13. The lowest BCUT2D eigenvalue weighted by Gasteiger charge is -2.12. The van der Waals surface area contributed by atoms with Crippen molar-refractivity contribution in [2.75, 3.05) is 18.5 Å². The Bertz CT molecular complexity index is 757. The Hall–Kier alpha value is -2.82. The van der Waals surface area contributed by atoms with Crippen molar-refractivity contribution in [1.29, 1.82) is 0 Å². The normalized spacial score (nSPS) is 10.4. The highest BCUT2D eigenvalue weighted by atomic mass is 16.5. The number of rotatable bonds is 11. The van der Waals surface area contributed by atoms with E-state index in [0.717, 1.165) is 19.3 Å². The molecule has 5 heteroatoms. The van der Waals surface area contributed by atoms with Gasteiger partial charge in [-0.1, -0.05) is 45.2 Å². The summed E-state index contributed by atoms with van der Waals surface area (Å²) in [6, 6.07) is 14.1. The van der Waals surface area contributed by atoms with E-state index < -0.39 is 0 Å². The van der Waals surface area contributed by atoms with Gasteiger partial charge in [-0.3, -0.25) is 9.59 Å². The zero-order chi connectivity index (χ0) is 20.2. The van der Waals surface area contributed by atoms with Gasteiger partial charge in [-0.15, -0.1) is 0 Å². The van der Waals surface area contributed by atoms with E-state index >= 15 is 0 Å². The second kappa shape index (κ2) is 11.8. The summed E-state index contributed by atoms with van der Waals surface area (Å²) in [5.41, 5.74) is 1.71. The van der Waals surface area contributed by atoms with Crippen LogP contribution in [0.1, 0.15) is 66.7 Å². The molecule has 0 bridgehead atoms. The number of anilines is 1. The number of amides is 2. The average Bonchev–Trinajstić information content (AvgIpc) is 2.72. The highest BCUT2D eigenvalue weighted by molar-refractivity contribution is 6.06. The van der Waals surface area contributed by atoms with Gasteiger partial charge in [0.2, 0.25) is 0 Å². The number of unbranched alkanes of at least 4 members (excludes halogenated alkanes) is 3. The van der Waals surface area contributed by atoms with Gasteiger partial charge in [0.15, 0.2) is 0 Å². The molecule has 2 amide bonds. The summed E-state index contributed by atoms with van der Waals surface area (Å²) in [7, 11) is 0. The SMILES string of the molecule is CCCCCCOc1ccccc1C(=O)Nc1ccc(C(=O)NCCC)cc1. The number of carbonyl (C=O) groups excluding carboxylic acids is 2. The molecule has 0 aliphatic rings. The van der Waals surface area contributed by atoms with E-state index in [4.69, 9.17) is 4.74 Å². The Kier molecular flexibility index (Phi) is 9.05. The largest absolute Gasteiger partial charge is 0.493 e. The maximum atomic E-state index is 12.7. The van der Waals surface area contributed by atoms with Gasteiger partial charge < -0.3 is 15.4 Å². The lowest BCUT2D eigenvalue weighted by atomic mass is 10.1. The standard InChI is InChI=1S/C23H30N2O3/c1-3-5-6-9-17-28-21-11-8-7-10-20(21)23(27)25-19-14-12-18(13-15-19)22(26)24-16-4-2/h7-8,10-15H,3-6,9,16-17H2,1-2H3,(H,24,26)(H,25,27). The maximum absolute atomic E-state index is 12.7. The third-order valence-electron chi connectivity index (χ3n) is 4.33. The van der Waals surface area contributed by atoms with E-state index in [9.17, 15) is 9.59 Å². The van der Waals surface area contributed by atoms with Crippen molar-refractivity contribution in [2.24, 2.45) is 0 Å². The van der Waals surface area contributed by atoms with Gasteiger partial charge in [-0.2, -0.15) is 0 Å². The molecule has 0 atom stereocenters. The quantitative estimate of drug-likeness (QED) is 0.535. The molecule has 5 nitrogen and oxygen atoms in total. The predicted octanol–water partition coefficient (Wildman–Crippen LogP) is 5.04. The zero-order valence-electron chi connectivity index (χ0n) is 16.8. The van der Waals surface area contributed by atoms with E-state index in [1.165, 1.54) is 12.8 Å². The first kappa shape index (κ1) is 21.5. The fourth-order valence-electron chi connectivity index (χ4n) is 2.74. The van der Waals surface area contributed by atoms with Crippen molar-refractivity contribution in [2.45, 2.75) is 46.0 Å². The first-order valence-electron chi connectivity index (χ1n) is 10.1. The molecule has 0 heterocycles. The van der Waals surface area contributed by atoms with Crippen LogP contribution in [0.25, 0.3) is 0 Å². The molecular weight excluding hydrogens is 352 g/mol. The van der Waals surface area contributed by atoms with Crippen LogP contribution in [0.4, 0.5) is 5.69 Å². The Labute approximate surface area is 167 Å². The van der Waals surface area contributed by atoms with Gasteiger partial charge in [0.25, 0.3) is 11.8 Å². The summed E-state index contributed by atoms with van der Waals surface area (Å²) in [5.74, 6) is 0.251. The van der Waals surface area contributed by atoms with Crippen molar-refractivity contribution in [3.05, 3.63) is 59.7 Å². The third kappa shape index (κ3) is 6.72. The monoisotopic (exact) mass is 382 g/mol. The van der Waals surface area contributed by atoms with Gasteiger partial charge in [-0.05, 0) is 49.2 Å². The van der Waals surface area contributed by atoms with Crippen molar-refractivity contribution in [1.82, 2.24) is 5.32 Å². The van der Waals surface area contributed by atoms with Crippen molar-refractivity contribution in [3.63, 3.8) is 0 Å². The Morgan fingerprint density at radius 3 is 2.32 bits per heavy atom. The fraction of sp³-hybridized carbons (Fsp3) is 0.391. The maximum Gasteiger partial charge on any atom is 0.259 e. The van der Waals surface area contributed by atoms with Crippen molar-refractivity contribution in [3.8, 4) is 5.75 Å². The van der Waals surface area contributed by atoms with Crippen LogP contribution in [0.3, 0.4) is 0 Å². The fourth-order valence-corrected chi connectivity index (χ4v) is 2.74. The van der Waals surface area contributed by atoms with Crippen LogP contribution >= 0.6 is 0 Å². The minimum Gasteiger partial charge on any atom is -0.493 e. The molecule has 0 saturated carbocycles. The van der Waals surface area contributed by atoms with Crippen LogP contribution in [0.5, 0.6) is 5.75 Å². The molecule has 28 heavy (non-hydrogen) atoms. The number of carbonyl (C=O) groups is 2. The highest BCUT2D eigenvalue weighted by Crippen LogP contribution is 2.20. The summed E-state index contributed by atoms with van der Waals surface area (Å²) >= 11 is 0. The summed E-state index contributed by atoms with van der Waals surface area (Å²) in [4.78, 5) is 24.6. The van der Waals surface area contributed by atoms with Crippen LogP contribution in [-0.4, -0.2) is 25.0 Å². The predicted molar refractivity (Wildman–Crippen MR) is 113 cm³/mol. The van der Waals surface area contributed by atoms with Gasteiger partial charge in [0, 0.05) is 17.8 Å². The molecule has 0 aliphatic carbocycles. The molecule has 2 aromatic rings. The summed E-state index contributed by atoms with van der Waals surface area (Å²) in [6.07, 6.45) is 5.37.